The van der Waals surface area contributed by atoms with Crippen LogP contribution in [0.3, 0.4) is 0 Å². The number of benzene rings is 1. The van der Waals surface area contributed by atoms with Gasteiger partial charge in [-0.15, -0.1) is 0 Å². The Bertz CT molecular complexity index is 259. The molecule has 1 aromatic carbocycles. The second-order valence-corrected chi connectivity index (χ2v) is 3.48. The van der Waals surface area contributed by atoms with Crippen LogP contribution in [-0.4, -0.2) is 9.79 Å². The molecule has 0 radical (unpaired) electrons. The molecule has 0 aliphatic heterocycles. The first kappa shape index (κ1) is 16.5. The molecule has 0 fully saturated rings. The van der Waals surface area contributed by atoms with E-state index in [1.807, 2.05) is 0 Å². The number of hydrogen-bond acceptors (Lipinski definition) is 1. The van der Waals surface area contributed by atoms with Gasteiger partial charge in [-0.05, 0) is 12.1 Å². The zero-order chi connectivity index (χ0) is 7.61. The van der Waals surface area contributed by atoms with Crippen LogP contribution in [0.4, 0.5) is 0 Å². The molecule has 0 heterocycles. The van der Waals surface area contributed by atoms with Crippen molar-refractivity contribution in [1.29, 1.82) is 0 Å². The fourth-order valence-corrected chi connectivity index (χ4v) is 1.18. The molecule has 0 amide bonds. The van der Waals surface area contributed by atoms with Crippen molar-refractivity contribution in [2.24, 2.45) is 0 Å². The minimum Gasteiger partial charge on any atom is -0.321 e. The standard InChI is InChI=1S/C6H7O3P.2Nd/c7-10(8,9)6-4-2-1-3-5-6;;/h1-5H,(H2,7,8,9);;. The van der Waals surface area contributed by atoms with Crippen LogP contribution in [-0.2, 0) is 4.57 Å². The Morgan fingerprint density at radius 3 is 1.67 bits per heavy atom. The summed E-state index contributed by atoms with van der Waals surface area (Å²) < 4.78 is 10.5. The summed E-state index contributed by atoms with van der Waals surface area (Å²) in [5, 5.41) is 0.0648. The van der Waals surface area contributed by atoms with Gasteiger partial charge >= 0.3 is 7.60 Å². The summed E-state index contributed by atoms with van der Waals surface area (Å²) in [6.07, 6.45) is 0. The van der Waals surface area contributed by atoms with Crippen molar-refractivity contribution in [3.05, 3.63) is 30.3 Å². The van der Waals surface area contributed by atoms with Crippen LogP contribution in [0, 0.1) is 81.7 Å². The van der Waals surface area contributed by atoms with Gasteiger partial charge in [-0.25, -0.2) is 0 Å². The molecular weight excluding hydrogens is 440 g/mol. The third-order valence-electron chi connectivity index (χ3n) is 1.09. The van der Waals surface area contributed by atoms with Crippen molar-refractivity contribution < 1.29 is 96.0 Å². The molecule has 0 aliphatic rings. The molecule has 0 saturated carbocycles. The Kier molecular flexibility index (Phi) is 10.1. The average Bonchev–Trinajstić information content (AvgIpc) is 1.88. The van der Waals surface area contributed by atoms with E-state index in [0.717, 1.165) is 0 Å². The topological polar surface area (TPSA) is 57.5 Å². The van der Waals surface area contributed by atoms with E-state index in [1.54, 1.807) is 18.2 Å². The molecule has 0 saturated heterocycles. The summed E-state index contributed by atoms with van der Waals surface area (Å²) >= 11 is 0. The van der Waals surface area contributed by atoms with Crippen molar-refractivity contribution in [2.75, 3.05) is 0 Å². The summed E-state index contributed by atoms with van der Waals surface area (Å²) in [7, 11) is -4.02. The molecule has 2 N–H and O–H groups in total. The molecule has 0 atom stereocenters. The molecule has 0 bridgehead atoms. The predicted molar refractivity (Wildman–Crippen MR) is 38.1 cm³/mol. The summed E-state index contributed by atoms with van der Waals surface area (Å²) in [4.78, 5) is 17.2. The van der Waals surface area contributed by atoms with Crippen molar-refractivity contribution in [3.8, 4) is 0 Å². The van der Waals surface area contributed by atoms with Gasteiger partial charge < -0.3 is 9.79 Å². The molecule has 0 unspecified atom stereocenters. The molecule has 3 nitrogen and oxygen atoms in total. The van der Waals surface area contributed by atoms with Gasteiger partial charge in [-0.3, -0.25) is 4.57 Å². The molecule has 0 aliphatic carbocycles. The zero-order valence-corrected chi connectivity index (χ0v) is 13.4. The number of rotatable bonds is 1. The largest absolute Gasteiger partial charge is 0.356 e. The maximum absolute atomic E-state index is 10.5. The smallest absolute Gasteiger partial charge is 0.321 e. The normalized spacial score (nSPS) is 9.50. The molecule has 12 heavy (non-hydrogen) atoms. The van der Waals surface area contributed by atoms with Crippen LogP contribution in [0.15, 0.2) is 30.3 Å². The van der Waals surface area contributed by atoms with Gasteiger partial charge in [-0.2, -0.15) is 0 Å². The van der Waals surface area contributed by atoms with Gasteiger partial charge in [0.05, 0.1) is 5.30 Å². The minimum atomic E-state index is -4.02. The maximum Gasteiger partial charge on any atom is 0.356 e. The van der Waals surface area contributed by atoms with E-state index in [4.69, 9.17) is 9.79 Å². The Morgan fingerprint density at radius 2 is 1.42 bits per heavy atom. The molecule has 62 valence electrons. The quantitative estimate of drug-likeness (QED) is 0.618. The van der Waals surface area contributed by atoms with Crippen LogP contribution in [0.25, 0.3) is 0 Å². The molecule has 0 aromatic heterocycles. The fourth-order valence-electron chi connectivity index (χ4n) is 0.622. The van der Waals surface area contributed by atoms with Crippen LogP contribution >= 0.6 is 7.60 Å². The van der Waals surface area contributed by atoms with E-state index >= 15 is 0 Å². The van der Waals surface area contributed by atoms with E-state index in [-0.39, 0.29) is 87.0 Å². The van der Waals surface area contributed by atoms with E-state index in [9.17, 15) is 4.57 Å². The monoisotopic (exact) mass is 442 g/mol. The summed E-state index contributed by atoms with van der Waals surface area (Å²) in [6.45, 7) is 0. The van der Waals surface area contributed by atoms with E-state index in [2.05, 4.69) is 0 Å². The summed E-state index contributed by atoms with van der Waals surface area (Å²) in [5.41, 5.74) is 0. The van der Waals surface area contributed by atoms with Gasteiger partial charge in [0.2, 0.25) is 0 Å². The van der Waals surface area contributed by atoms with Gasteiger partial charge in [-0.1, -0.05) is 18.2 Å². The van der Waals surface area contributed by atoms with E-state index in [1.165, 1.54) is 12.1 Å². The van der Waals surface area contributed by atoms with E-state index < -0.39 is 7.60 Å². The summed E-state index contributed by atoms with van der Waals surface area (Å²) in [6, 6.07) is 7.70. The van der Waals surface area contributed by atoms with Gasteiger partial charge in [0.15, 0.2) is 0 Å². The van der Waals surface area contributed by atoms with Crippen molar-refractivity contribution in [3.63, 3.8) is 0 Å². The van der Waals surface area contributed by atoms with Gasteiger partial charge in [0.1, 0.15) is 0 Å². The summed E-state index contributed by atoms with van der Waals surface area (Å²) in [5.74, 6) is 0. The Labute approximate surface area is 137 Å². The fraction of sp³-hybridized carbons (Fsp3) is 0. The van der Waals surface area contributed by atoms with Crippen molar-refractivity contribution in [1.82, 2.24) is 0 Å². The first-order chi connectivity index (χ1) is 4.61. The van der Waals surface area contributed by atoms with Crippen molar-refractivity contribution in [2.45, 2.75) is 0 Å². The van der Waals surface area contributed by atoms with Gasteiger partial charge in [0, 0.05) is 81.7 Å². The van der Waals surface area contributed by atoms with Crippen LogP contribution in [0.1, 0.15) is 0 Å². The second kappa shape index (κ2) is 7.37. The SMILES string of the molecule is O=P(O)(O)c1ccccc1.[Nd].[Nd]. The first-order valence-electron chi connectivity index (χ1n) is 2.72. The maximum atomic E-state index is 10.5. The van der Waals surface area contributed by atoms with Crippen LogP contribution < -0.4 is 5.30 Å². The molecule has 0 spiro atoms. The van der Waals surface area contributed by atoms with Gasteiger partial charge in [0.25, 0.3) is 0 Å². The molecule has 6 heteroatoms. The average molecular weight is 447 g/mol. The predicted octanol–water partition coefficient (Wildman–Crippen LogP) is 0.490. The second-order valence-electron chi connectivity index (χ2n) is 1.88. The van der Waals surface area contributed by atoms with E-state index in [0.29, 0.717) is 0 Å². The number of hydrogen-bond donors (Lipinski definition) is 2. The molecular formula is C6H7Nd2O3P. The molecule has 1 rings (SSSR count). The minimum absolute atomic E-state index is 0. The third-order valence-corrected chi connectivity index (χ3v) is 2.06. The first-order valence-corrected chi connectivity index (χ1v) is 4.33. The molecule has 1 aromatic rings. The van der Waals surface area contributed by atoms with Crippen molar-refractivity contribution >= 4 is 12.9 Å². The van der Waals surface area contributed by atoms with Crippen LogP contribution in [0.2, 0.25) is 0 Å². The Hall–Kier alpha value is 2.07. The Balaban J connectivity index is 0. The Morgan fingerprint density at radius 1 is 1.00 bits per heavy atom. The zero-order valence-electron chi connectivity index (χ0n) is 6.14. The third kappa shape index (κ3) is 5.73. The van der Waals surface area contributed by atoms with Crippen LogP contribution in [0.5, 0.6) is 0 Å².